The van der Waals surface area contributed by atoms with E-state index < -0.39 is 6.10 Å². The topological polar surface area (TPSA) is 37.1 Å². The number of nitrogens with zero attached hydrogens (tertiary/aromatic N) is 1. The molecule has 1 atom stereocenters. The van der Waals surface area contributed by atoms with Gasteiger partial charge in [0.15, 0.2) is 0 Å². The number of anilines is 1. The maximum Gasteiger partial charge on any atom is 0.137 e. The number of hydrogen-bond donors (Lipinski definition) is 2. The summed E-state index contributed by atoms with van der Waals surface area (Å²) in [7, 11) is 0. The lowest BCUT2D eigenvalue weighted by atomic mass is 10.2. The zero-order chi connectivity index (χ0) is 18.5. The highest BCUT2D eigenvalue weighted by molar-refractivity contribution is 6.30. The van der Waals surface area contributed by atoms with Gasteiger partial charge in [-0.2, -0.15) is 0 Å². The summed E-state index contributed by atoms with van der Waals surface area (Å²) in [5.74, 6) is 0.543. The fraction of sp³-hybridized carbons (Fsp3) is 0.400. The molecular formula is C20H25ClFN2O2+. The molecule has 1 aliphatic rings. The molecule has 0 radical (unpaired) electrons. The van der Waals surface area contributed by atoms with E-state index in [0.29, 0.717) is 11.6 Å². The van der Waals surface area contributed by atoms with E-state index in [1.165, 1.54) is 17.0 Å². The van der Waals surface area contributed by atoms with Crippen molar-refractivity contribution in [3.05, 3.63) is 58.9 Å². The molecule has 0 aliphatic carbocycles. The van der Waals surface area contributed by atoms with Gasteiger partial charge >= 0.3 is 0 Å². The van der Waals surface area contributed by atoms with Crippen molar-refractivity contribution in [2.24, 2.45) is 0 Å². The maximum atomic E-state index is 13.0. The van der Waals surface area contributed by atoms with Crippen molar-refractivity contribution in [3.8, 4) is 5.75 Å². The summed E-state index contributed by atoms with van der Waals surface area (Å²) in [4.78, 5) is 3.61. The molecule has 6 heteroatoms. The predicted octanol–water partition coefficient (Wildman–Crippen LogP) is 1.93. The quantitative estimate of drug-likeness (QED) is 0.805. The number of nitrogens with one attached hydrogen (secondary N) is 1. The molecule has 0 amide bonds. The molecule has 0 spiro atoms. The van der Waals surface area contributed by atoms with Crippen molar-refractivity contribution < 1.29 is 19.1 Å². The van der Waals surface area contributed by atoms with Crippen LogP contribution in [0.15, 0.2) is 42.5 Å². The second kappa shape index (κ2) is 8.71. The normalized spacial score (nSPS) is 16.5. The van der Waals surface area contributed by atoms with Crippen LogP contribution in [0.4, 0.5) is 10.1 Å². The third-order valence-electron chi connectivity index (χ3n) is 4.75. The third-order valence-corrected chi connectivity index (χ3v) is 4.99. The van der Waals surface area contributed by atoms with Crippen LogP contribution in [0.2, 0.25) is 5.02 Å². The SMILES string of the molecule is Cc1cc(Cl)ccc1OC[C@@H](O)C[NH+]1CCN(c2ccc(F)cc2)CC1. The number of hydrogen-bond acceptors (Lipinski definition) is 3. The van der Waals surface area contributed by atoms with Crippen molar-refractivity contribution in [2.45, 2.75) is 13.0 Å². The Labute approximate surface area is 158 Å². The third kappa shape index (κ3) is 5.10. The fourth-order valence-corrected chi connectivity index (χ4v) is 3.52. The van der Waals surface area contributed by atoms with E-state index >= 15 is 0 Å². The van der Waals surface area contributed by atoms with Crippen LogP contribution in [0.25, 0.3) is 0 Å². The Hall–Kier alpha value is -1.82. The van der Waals surface area contributed by atoms with Gasteiger partial charge in [0.05, 0.1) is 26.2 Å². The number of quaternary nitrogens is 1. The summed E-state index contributed by atoms with van der Waals surface area (Å²) >= 11 is 5.94. The summed E-state index contributed by atoms with van der Waals surface area (Å²) in [6, 6.07) is 12.1. The van der Waals surface area contributed by atoms with Gasteiger partial charge in [-0.25, -0.2) is 4.39 Å². The average molecular weight is 380 g/mol. The Kier molecular flexibility index (Phi) is 6.35. The summed E-state index contributed by atoms with van der Waals surface area (Å²) in [6.45, 7) is 6.53. The average Bonchev–Trinajstić information content (AvgIpc) is 2.62. The molecule has 2 N–H and O–H groups in total. The van der Waals surface area contributed by atoms with E-state index in [9.17, 15) is 9.50 Å². The monoisotopic (exact) mass is 379 g/mol. The first-order valence-electron chi connectivity index (χ1n) is 8.92. The van der Waals surface area contributed by atoms with Crippen LogP contribution in [0.1, 0.15) is 5.56 Å². The van der Waals surface area contributed by atoms with E-state index in [1.54, 1.807) is 6.07 Å². The van der Waals surface area contributed by atoms with Crippen molar-refractivity contribution in [3.63, 3.8) is 0 Å². The minimum absolute atomic E-state index is 0.211. The standard InChI is InChI=1S/C20H24ClFN2O2/c1-15-12-16(21)2-7-20(15)26-14-19(25)13-23-8-10-24(11-9-23)18-5-3-17(22)4-6-18/h2-7,12,19,25H,8-11,13-14H2,1H3/p+1/t19-/m0/s1. The number of rotatable bonds is 6. The number of aryl methyl sites for hydroxylation is 1. The van der Waals surface area contributed by atoms with Crippen molar-refractivity contribution in [1.82, 2.24) is 0 Å². The highest BCUT2D eigenvalue weighted by Gasteiger charge is 2.23. The minimum atomic E-state index is -0.516. The second-order valence-corrected chi connectivity index (χ2v) is 7.23. The van der Waals surface area contributed by atoms with Crippen molar-refractivity contribution >= 4 is 17.3 Å². The van der Waals surface area contributed by atoms with E-state index in [4.69, 9.17) is 16.3 Å². The van der Waals surface area contributed by atoms with Crippen LogP contribution < -0.4 is 14.5 Å². The first kappa shape index (κ1) is 19.0. The lowest BCUT2D eigenvalue weighted by Crippen LogP contribution is -3.16. The Balaban J connectivity index is 1.43. The number of halogens is 2. The lowest BCUT2D eigenvalue weighted by Gasteiger charge is -2.34. The van der Waals surface area contributed by atoms with Gasteiger partial charge in [0.25, 0.3) is 0 Å². The Morgan fingerprint density at radius 2 is 1.88 bits per heavy atom. The molecule has 2 aromatic rings. The van der Waals surface area contributed by atoms with Crippen LogP contribution in [0.3, 0.4) is 0 Å². The van der Waals surface area contributed by atoms with E-state index in [0.717, 1.165) is 43.2 Å². The van der Waals surface area contributed by atoms with Crippen LogP contribution >= 0.6 is 11.6 Å². The van der Waals surface area contributed by atoms with Gasteiger partial charge in [-0.1, -0.05) is 11.6 Å². The highest BCUT2D eigenvalue weighted by Crippen LogP contribution is 2.21. The molecule has 0 bridgehead atoms. The van der Waals surface area contributed by atoms with E-state index in [2.05, 4.69) is 4.90 Å². The zero-order valence-corrected chi connectivity index (χ0v) is 15.7. The molecule has 0 unspecified atom stereocenters. The number of ether oxygens (including phenoxy) is 1. The molecule has 1 fully saturated rings. The van der Waals surface area contributed by atoms with Crippen LogP contribution in [-0.2, 0) is 0 Å². The van der Waals surface area contributed by atoms with Crippen molar-refractivity contribution in [1.29, 1.82) is 0 Å². The molecule has 3 rings (SSSR count). The Morgan fingerprint density at radius 1 is 1.19 bits per heavy atom. The Morgan fingerprint density at radius 3 is 2.54 bits per heavy atom. The predicted molar refractivity (Wildman–Crippen MR) is 102 cm³/mol. The second-order valence-electron chi connectivity index (χ2n) is 6.79. The Bertz CT molecular complexity index is 718. The van der Waals surface area contributed by atoms with Gasteiger partial charge in [-0.3, -0.25) is 0 Å². The molecular weight excluding hydrogens is 355 g/mol. The molecule has 1 saturated heterocycles. The molecule has 140 valence electrons. The molecule has 1 aliphatic heterocycles. The summed E-state index contributed by atoms with van der Waals surface area (Å²) in [5, 5.41) is 11.0. The first-order chi connectivity index (χ1) is 12.5. The number of benzene rings is 2. The minimum Gasteiger partial charge on any atom is -0.490 e. The van der Waals surface area contributed by atoms with Gasteiger partial charge in [0.2, 0.25) is 0 Å². The van der Waals surface area contributed by atoms with Gasteiger partial charge in [0, 0.05) is 10.7 Å². The summed E-state index contributed by atoms with van der Waals surface area (Å²) in [6.07, 6.45) is -0.516. The molecule has 26 heavy (non-hydrogen) atoms. The number of aliphatic hydroxyl groups is 1. The lowest BCUT2D eigenvalue weighted by molar-refractivity contribution is -0.903. The van der Waals surface area contributed by atoms with Gasteiger partial charge in [0.1, 0.15) is 30.8 Å². The van der Waals surface area contributed by atoms with Gasteiger partial charge in [-0.05, 0) is 55.0 Å². The maximum absolute atomic E-state index is 13.0. The number of aliphatic hydroxyl groups excluding tert-OH is 1. The fourth-order valence-electron chi connectivity index (χ4n) is 3.29. The first-order valence-corrected chi connectivity index (χ1v) is 9.30. The van der Waals surface area contributed by atoms with Gasteiger partial charge < -0.3 is 19.6 Å². The summed E-state index contributed by atoms with van der Waals surface area (Å²) in [5.41, 5.74) is 2.01. The highest BCUT2D eigenvalue weighted by atomic mass is 35.5. The van der Waals surface area contributed by atoms with Gasteiger partial charge in [-0.15, -0.1) is 0 Å². The van der Waals surface area contributed by atoms with Crippen LogP contribution in [0.5, 0.6) is 5.75 Å². The number of piperazine rings is 1. The molecule has 0 aromatic heterocycles. The summed E-state index contributed by atoms with van der Waals surface area (Å²) < 4.78 is 18.8. The van der Waals surface area contributed by atoms with Crippen LogP contribution in [0, 0.1) is 12.7 Å². The molecule has 4 nitrogen and oxygen atoms in total. The largest absolute Gasteiger partial charge is 0.490 e. The molecule has 2 aromatic carbocycles. The van der Waals surface area contributed by atoms with Crippen LogP contribution in [-0.4, -0.2) is 50.5 Å². The molecule has 0 saturated carbocycles. The van der Waals surface area contributed by atoms with E-state index in [-0.39, 0.29) is 12.4 Å². The smallest absolute Gasteiger partial charge is 0.137 e. The van der Waals surface area contributed by atoms with Crippen molar-refractivity contribution in [2.75, 3.05) is 44.2 Å². The molecule has 1 heterocycles. The van der Waals surface area contributed by atoms with E-state index in [1.807, 2.05) is 31.2 Å². The zero-order valence-electron chi connectivity index (χ0n) is 14.9.